The van der Waals surface area contributed by atoms with E-state index < -0.39 is 11.7 Å². The summed E-state index contributed by atoms with van der Waals surface area (Å²) in [5.74, 6) is -0.856. The quantitative estimate of drug-likeness (QED) is 0.574. The Morgan fingerprint density at radius 1 is 1.13 bits per heavy atom. The summed E-state index contributed by atoms with van der Waals surface area (Å²) in [6, 6.07) is 17.3. The van der Waals surface area contributed by atoms with Gasteiger partial charge in [-0.15, -0.1) is 0 Å². The van der Waals surface area contributed by atoms with Crippen LogP contribution in [0.1, 0.15) is 16.1 Å². The van der Waals surface area contributed by atoms with Crippen LogP contribution in [0.15, 0.2) is 65.8 Å². The van der Waals surface area contributed by atoms with Crippen molar-refractivity contribution in [2.24, 2.45) is 5.10 Å². The first-order valence-corrected chi connectivity index (χ1v) is 6.93. The third kappa shape index (κ3) is 3.49. The van der Waals surface area contributed by atoms with E-state index in [1.54, 1.807) is 24.3 Å². The van der Waals surface area contributed by atoms with Gasteiger partial charge in [-0.1, -0.05) is 48.5 Å². The Bertz CT molecular complexity index is 843. The molecule has 5 nitrogen and oxygen atoms in total. The van der Waals surface area contributed by atoms with E-state index in [1.165, 1.54) is 12.3 Å². The molecule has 23 heavy (non-hydrogen) atoms. The van der Waals surface area contributed by atoms with E-state index in [0.717, 1.165) is 5.56 Å². The van der Waals surface area contributed by atoms with Crippen molar-refractivity contribution in [1.82, 2.24) is 15.6 Å². The number of carbonyl (C=O) groups excluding carboxylic acids is 1. The smallest absolute Gasteiger partial charge is 0.272 e. The van der Waals surface area contributed by atoms with Crippen LogP contribution < -0.4 is 5.43 Å². The monoisotopic (exact) mass is 308 g/mol. The Balaban J connectivity index is 1.68. The molecule has 0 unspecified atom stereocenters. The highest BCUT2D eigenvalue weighted by Gasteiger charge is 2.10. The summed E-state index contributed by atoms with van der Waals surface area (Å²) in [6.07, 6.45) is 1.25. The number of aromatic nitrogens is 2. The molecular weight excluding hydrogens is 295 g/mol. The predicted molar refractivity (Wildman–Crippen MR) is 85.5 cm³/mol. The topological polar surface area (TPSA) is 70.1 Å². The Hall–Kier alpha value is -3.28. The van der Waals surface area contributed by atoms with Gasteiger partial charge in [-0.05, 0) is 12.1 Å². The number of benzene rings is 2. The van der Waals surface area contributed by atoms with Crippen LogP contribution in [0.5, 0.6) is 0 Å². The predicted octanol–water partition coefficient (Wildman–Crippen LogP) is 2.98. The molecule has 2 aromatic carbocycles. The Morgan fingerprint density at radius 3 is 2.65 bits per heavy atom. The SMILES string of the molecule is O=C(N/N=C/c1ccccc1F)c1cc(-c2ccccc2)n[nH]1. The fourth-order valence-electron chi connectivity index (χ4n) is 2.00. The van der Waals surface area contributed by atoms with Gasteiger partial charge < -0.3 is 0 Å². The minimum atomic E-state index is -0.452. The first kappa shape index (κ1) is 14.6. The molecule has 3 rings (SSSR count). The molecule has 0 bridgehead atoms. The lowest BCUT2D eigenvalue weighted by atomic mass is 10.1. The molecule has 0 saturated heterocycles. The normalized spacial score (nSPS) is 10.8. The second kappa shape index (κ2) is 6.65. The second-order valence-electron chi connectivity index (χ2n) is 4.75. The Morgan fingerprint density at radius 2 is 1.87 bits per heavy atom. The molecular formula is C17H13FN4O. The minimum absolute atomic E-state index is 0.273. The van der Waals surface area contributed by atoms with Crippen molar-refractivity contribution in [3.05, 3.63) is 77.7 Å². The molecule has 3 aromatic rings. The van der Waals surface area contributed by atoms with Crippen molar-refractivity contribution >= 4 is 12.1 Å². The number of hydrogen-bond donors (Lipinski definition) is 2. The number of nitrogens with zero attached hydrogens (tertiary/aromatic N) is 2. The molecule has 0 radical (unpaired) electrons. The molecule has 0 aliphatic rings. The van der Waals surface area contributed by atoms with Crippen molar-refractivity contribution in [1.29, 1.82) is 0 Å². The number of amides is 1. The molecule has 6 heteroatoms. The maximum atomic E-state index is 13.4. The summed E-state index contributed by atoms with van der Waals surface area (Å²) in [6.45, 7) is 0. The van der Waals surface area contributed by atoms with Crippen LogP contribution in [0.25, 0.3) is 11.3 Å². The fraction of sp³-hybridized carbons (Fsp3) is 0. The van der Waals surface area contributed by atoms with Gasteiger partial charge in [0.1, 0.15) is 11.5 Å². The van der Waals surface area contributed by atoms with Gasteiger partial charge >= 0.3 is 0 Å². The number of halogens is 1. The van der Waals surface area contributed by atoms with Gasteiger partial charge in [0.25, 0.3) is 5.91 Å². The third-order valence-electron chi connectivity index (χ3n) is 3.17. The van der Waals surface area contributed by atoms with Crippen molar-refractivity contribution in [2.75, 3.05) is 0 Å². The lowest BCUT2D eigenvalue weighted by molar-refractivity contribution is 0.0950. The lowest BCUT2D eigenvalue weighted by Gasteiger charge is -1.97. The fourth-order valence-corrected chi connectivity index (χ4v) is 2.00. The zero-order valence-corrected chi connectivity index (χ0v) is 12.0. The van der Waals surface area contributed by atoms with Gasteiger partial charge in [0.15, 0.2) is 0 Å². The zero-order valence-electron chi connectivity index (χ0n) is 12.0. The number of hydrazone groups is 1. The number of rotatable bonds is 4. The van der Waals surface area contributed by atoms with Gasteiger partial charge in [0.05, 0.1) is 11.9 Å². The summed E-state index contributed by atoms with van der Waals surface area (Å²) < 4.78 is 13.4. The second-order valence-corrected chi connectivity index (χ2v) is 4.75. The Labute approximate surface area is 131 Å². The molecule has 1 heterocycles. The molecule has 2 N–H and O–H groups in total. The van der Waals surface area contributed by atoms with Gasteiger partial charge in [-0.3, -0.25) is 9.89 Å². The minimum Gasteiger partial charge on any atom is -0.272 e. The van der Waals surface area contributed by atoms with E-state index in [2.05, 4.69) is 20.7 Å². The highest BCUT2D eigenvalue weighted by molar-refractivity contribution is 5.94. The van der Waals surface area contributed by atoms with Crippen LogP contribution in [0.2, 0.25) is 0 Å². The van der Waals surface area contributed by atoms with Crippen LogP contribution in [0.3, 0.4) is 0 Å². The molecule has 1 aromatic heterocycles. The van der Waals surface area contributed by atoms with Gasteiger partial charge in [0, 0.05) is 11.1 Å². The van der Waals surface area contributed by atoms with Crippen LogP contribution in [-0.4, -0.2) is 22.3 Å². The molecule has 0 saturated carbocycles. The van der Waals surface area contributed by atoms with E-state index in [-0.39, 0.29) is 5.69 Å². The maximum Gasteiger partial charge on any atom is 0.289 e. The molecule has 0 aliphatic heterocycles. The summed E-state index contributed by atoms with van der Waals surface area (Å²) >= 11 is 0. The van der Waals surface area contributed by atoms with Crippen molar-refractivity contribution in [2.45, 2.75) is 0 Å². The van der Waals surface area contributed by atoms with Gasteiger partial charge in [0.2, 0.25) is 0 Å². The van der Waals surface area contributed by atoms with Crippen molar-refractivity contribution in [3.63, 3.8) is 0 Å². The number of H-pyrrole nitrogens is 1. The highest BCUT2D eigenvalue weighted by Crippen LogP contribution is 2.16. The van der Waals surface area contributed by atoms with Crippen molar-refractivity contribution in [3.8, 4) is 11.3 Å². The van der Waals surface area contributed by atoms with E-state index in [9.17, 15) is 9.18 Å². The van der Waals surface area contributed by atoms with Gasteiger partial charge in [-0.2, -0.15) is 10.2 Å². The summed E-state index contributed by atoms with van der Waals surface area (Å²) in [5.41, 5.74) is 4.46. The molecule has 1 amide bonds. The average molecular weight is 308 g/mol. The Kier molecular flexibility index (Phi) is 4.24. The largest absolute Gasteiger partial charge is 0.289 e. The molecule has 0 spiro atoms. The zero-order chi connectivity index (χ0) is 16.1. The lowest BCUT2D eigenvalue weighted by Crippen LogP contribution is -2.18. The summed E-state index contributed by atoms with van der Waals surface area (Å²) in [5, 5.41) is 10.5. The average Bonchev–Trinajstić information content (AvgIpc) is 3.07. The van der Waals surface area contributed by atoms with Crippen LogP contribution in [0, 0.1) is 5.82 Å². The van der Waals surface area contributed by atoms with E-state index in [0.29, 0.717) is 11.3 Å². The van der Waals surface area contributed by atoms with Crippen LogP contribution >= 0.6 is 0 Å². The van der Waals surface area contributed by atoms with Crippen LogP contribution in [0.4, 0.5) is 4.39 Å². The van der Waals surface area contributed by atoms with Crippen LogP contribution in [-0.2, 0) is 0 Å². The number of hydrogen-bond acceptors (Lipinski definition) is 3. The highest BCUT2D eigenvalue weighted by atomic mass is 19.1. The number of nitrogens with one attached hydrogen (secondary N) is 2. The molecule has 0 fully saturated rings. The standard InChI is InChI=1S/C17H13FN4O/c18-14-9-5-4-8-13(14)11-19-22-17(23)16-10-15(20-21-16)12-6-2-1-3-7-12/h1-11H,(H,20,21)(H,22,23)/b19-11+. The molecule has 0 aliphatic carbocycles. The maximum absolute atomic E-state index is 13.4. The summed E-state index contributed by atoms with van der Waals surface area (Å²) in [7, 11) is 0. The van der Waals surface area contributed by atoms with E-state index in [4.69, 9.17) is 0 Å². The number of aromatic amines is 1. The first-order valence-electron chi connectivity index (χ1n) is 6.93. The summed E-state index contributed by atoms with van der Waals surface area (Å²) in [4.78, 5) is 12.0. The third-order valence-corrected chi connectivity index (χ3v) is 3.17. The van der Waals surface area contributed by atoms with Gasteiger partial charge in [-0.25, -0.2) is 9.82 Å². The number of carbonyl (C=O) groups is 1. The van der Waals surface area contributed by atoms with E-state index >= 15 is 0 Å². The molecule has 0 atom stereocenters. The van der Waals surface area contributed by atoms with Crippen molar-refractivity contribution < 1.29 is 9.18 Å². The first-order chi connectivity index (χ1) is 11.2. The van der Waals surface area contributed by atoms with E-state index in [1.807, 2.05) is 30.3 Å². The molecule has 114 valence electrons.